The quantitative estimate of drug-likeness (QED) is 0.450. The summed E-state index contributed by atoms with van der Waals surface area (Å²) in [5, 5.41) is 19.1. The van der Waals surface area contributed by atoms with Gasteiger partial charge in [0.05, 0.1) is 18.1 Å². The summed E-state index contributed by atoms with van der Waals surface area (Å²) in [5.41, 5.74) is 1.84. The van der Waals surface area contributed by atoms with Gasteiger partial charge in [0, 0.05) is 55.6 Å². The van der Waals surface area contributed by atoms with E-state index in [1.165, 1.54) is 12.1 Å². The zero-order valence-electron chi connectivity index (χ0n) is 16.9. The number of non-ortho nitro benzene ring substituents is 1. The third-order valence-electron chi connectivity index (χ3n) is 5.40. The van der Waals surface area contributed by atoms with Crippen molar-refractivity contribution >= 4 is 11.4 Å². The Hall–Kier alpha value is -3.46. The van der Waals surface area contributed by atoms with Gasteiger partial charge >= 0.3 is 0 Å². The summed E-state index contributed by atoms with van der Waals surface area (Å²) in [4.78, 5) is 15.0. The number of hydrogen-bond donors (Lipinski definition) is 0. The average molecular weight is 409 g/mol. The lowest BCUT2D eigenvalue weighted by Crippen LogP contribution is -2.47. The van der Waals surface area contributed by atoms with E-state index in [1.54, 1.807) is 19.2 Å². The Morgan fingerprint density at radius 1 is 1.10 bits per heavy atom. The van der Waals surface area contributed by atoms with Gasteiger partial charge in [0.25, 0.3) is 5.69 Å². The van der Waals surface area contributed by atoms with Crippen LogP contribution in [0.1, 0.15) is 18.9 Å². The minimum atomic E-state index is -0.434. The molecule has 1 saturated heterocycles. The van der Waals surface area contributed by atoms with Gasteiger partial charge in [-0.15, -0.1) is 10.2 Å². The Labute approximate surface area is 174 Å². The van der Waals surface area contributed by atoms with Gasteiger partial charge in [-0.1, -0.05) is 6.07 Å². The number of piperazine rings is 1. The molecule has 1 atom stereocenters. The molecule has 1 aromatic heterocycles. The molecule has 9 nitrogen and oxygen atoms in total. The molecule has 30 heavy (non-hydrogen) atoms. The second-order valence-electron chi connectivity index (χ2n) is 7.15. The molecule has 0 N–H and O–H groups in total. The van der Waals surface area contributed by atoms with E-state index in [2.05, 4.69) is 26.1 Å². The van der Waals surface area contributed by atoms with Crippen LogP contribution in [-0.4, -0.2) is 53.3 Å². The van der Waals surface area contributed by atoms with Gasteiger partial charge in [0.2, 0.25) is 11.8 Å². The summed E-state index contributed by atoms with van der Waals surface area (Å²) in [6.07, 6.45) is 0. The second-order valence-corrected chi connectivity index (χ2v) is 7.15. The summed E-state index contributed by atoms with van der Waals surface area (Å²) in [5.74, 6) is 1.76. The van der Waals surface area contributed by atoms with Crippen LogP contribution in [0.3, 0.4) is 0 Å². The van der Waals surface area contributed by atoms with Crippen molar-refractivity contribution in [2.24, 2.45) is 0 Å². The Balaban J connectivity index is 1.40. The number of methoxy groups -OCH3 is 1. The number of anilines is 1. The van der Waals surface area contributed by atoms with Crippen molar-refractivity contribution in [1.29, 1.82) is 0 Å². The fourth-order valence-corrected chi connectivity index (χ4v) is 3.58. The van der Waals surface area contributed by atoms with Crippen LogP contribution in [0.15, 0.2) is 52.9 Å². The molecular weight excluding hydrogens is 386 g/mol. The molecule has 0 radical (unpaired) electrons. The largest absolute Gasteiger partial charge is 0.497 e. The average Bonchev–Trinajstić information content (AvgIpc) is 3.29. The van der Waals surface area contributed by atoms with E-state index in [9.17, 15) is 10.1 Å². The van der Waals surface area contributed by atoms with Crippen LogP contribution in [0.2, 0.25) is 0 Å². The van der Waals surface area contributed by atoms with Gasteiger partial charge in [-0.2, -0.15) is 0 Å². The topological polar surface area (TPSA) is 97.8 Å². The highest BCUT2D eigenvalue weighted by atomic mass is 16.6. The Bertz CT molecular complexity index is 1010. The zero-order valence-corrected chi connectivity index (χ0v) is 16.9. The molecule has 2 heterocycles. The first-order chi connectivity index (χ1) is 14.5. The zero-order chi connectivity index (χ0) is 21.1. The van der Waals surface area contributed by atoms with Gasteiger partial charge < -0.3 is 14.1 Å². The Morgan fingerprint density at radius 3 is 2.50 bits per heavy atom. The van der Waals surface area contributed by atoms with Crippen molar-refractivity contribution < 1.29 is 14.1 Å². The van der Waals surface area contributed by atoms with Crippen LogP contribution in [-0.2, 0) is 0 Å². The lowest BCUT2D eigenvalue weighted by molar-refractivity contribution is -0.384. The van der Waals surface area contributed by atoms with Gasteiger partial charge in [-0.3, -0.25) is 15.0 Å². The van der Waals surface area contributed by atoms with Crippen molar-refractivity contribution in [3.63, 3.8) is 0 Å². The predicted octanol–water partition coefficient (Wildman–Crippen LogP) is 3.54. The number of benzene rings is 2. The van der Waals surface area contributed by atoms with Crippen LogP contribution < -0.4 is 9.64 Å². The van der Waals surface area contributed by atoms with Crippen LogP contribution in [0.25, 0.3) is 11.5 Å². The number of hydrogen-bond acceptors (Lipinski definition) is 8. The molecule has 1 aliphatic heterocycles. The lowest BCUT2D eigenvalue weighted by atomic mass is 10.2. The summed E-state index contributed by atoms with van der Waals surface area (Å²) < 4.78 is 11.2. The molecule has 3 aromatic rings. The van der Waals surface area contributed by atoms with Crippen LogP contribution in [0.5, 0.6) is 5.75 Å². The molecule has 0 bridgehead atoms. The first-order valence-corrected chi connectivity index (χ1v) is 9.76. The normalized spacial score (nSPS) is 15.7. The van der Waals surface area contributed by atoms with E-state index in [0.29, 0.717) is 17.3 Å². The second kappa shape index (κ2) is 8.50. The smallest absolute Gasteiger partial charge is 0.269 e. The highest BCUT2D eigenvalue weighted by Crippen LogP contribution is 2.27. The SMILES string of the molecule is COc1cccc(N2CCN(C(C)c3nnc(-c4ccc([N+](=O)[O-])cc4)o3)CC2)c1. The van der Waals surface area contributed by atoms with E-state index in [1.807, 2.05) is 25.1 Å². The number of aromatic nitrogens is 2. The first kappa shape index (κ1) is 19.8. The Morgan fingerprint density at radius 2 is 1.83 bits per heavy atom. The molecule has 9 heteroatoms. The van der Waals surface area contributed by atoms with Crippen molar-refractivity contribution in [3.8, 4) is 17.2 Å². The van der Waals surface area contributed by atoms with Crippen LogP contribution >= 0.6 is 0 Å². The van der Waals surface area contributed by atoms with Crippen molar-refractivity contribution in [2.75, 3.05) is 38.2 Å². The fraction of sp³-hybridized carbons (Fsp3) is 0.333. The van der Waals surface area contributed by atoms with Gasteiger partial charge in [0.1, 0.15) is 5.75 Å². The van der Waals surface area contributed by atoms with Gasteiger partial charge in [-0.25, -0.2) is 0 Å². The minimum absolute atomic E-state index is 0.0169. The molecule has 1 aliphatic rings. The Kier molecular flexibility index (Phi) is 5.62. The summed E-state index contributed by atoms with van der Waals surface area (Å²) in [6, 6.07) is 14.2. The number of nitro benzene ring substituents is 1. The summed E-state index contributed by atoms with van der Waals surface area (Å²) in [7, 11) is 1.67. The molecule has 1 unspecified atom stereocenters. The number of nitrogens with zero attached hydrogens (tertiary/aromatic N) is 5. The molecular formula is C21H23N5O4. The summed E-state index contributed by atoms with van der Waals surface area (Å²) in [6.45, 7) is 5.57. The van der Waals surface area contributed by atoms with Crippen LogP contribution in [0, 0.1) is 10.1 Å². The molecule has 0 saturated carbocycles. The molecule has 0 spiro atoms. The van der Waals surface area contributed by atoms with E-state index >= 15 is 0 Å². The van der Waals surface area contributed by atoms with E-state index in [4.69, 9.17) is 9.15 Å². The number of rotatable bonds is 6. The molecule has 2 aromatic carbocycles. The molecule has 0 aliphatic carbocycles. The fourth-order valence-electron chi connectivity index (χ4n) is 3.58. The first-order valence-electron chi connectivity index (χ1n) is 9.76. The summed E-state index contributed by atoms with van der Waals surface area (Å²) >= 11 is 0. The molecule has 1 fully saturated rings. The van der Waals surface area contributed by atoms with Gasteiger partial charge in [0.15, 0.2) is 0 Å². The van der Waals surface area contributed by atoms with E-state index in [0.717, 1.165) is 37.6 Å². The highest BCUT2D eigenvalue weighted by molar-refractivity contribution is 5.55. The highest BCUT2D eigenvalue weighted by Gasteiger charge is 2.26. The molecule has 0 amide bonds. The van der Waals surface area contributed by atoms with E-state index in [-0.39, 0.29) is 11.7 Å². The predicted molar refractivity (Wildman–Crippen MR) is 112 cm³/mol. The standard InChI is InChI=1S/C21H23N5O4/c1-15(20-22-23-21(30-20)16-6-8-17(9-7-16)26(27)28)24-10-12-25(13-11-24)18-4-3-5-19(14-18)29-2/h3-9,14-15H,10-13H2,1-2H3. The minimum Gasteiger partial charge on any atom is -0.497 e. The maximum atomic E-state index is 10.8. The maximum Gasteiger partial charge on any atom is 0.269 e. The third kappa shape index (κ3) is 4.11. The molecule has 4 rings (SSSR count). The number of ether oxygens (including phenoxy) is 1. The maximum absolute atomic E-state index is 10.8. The lowest BCUT2D eigenvalue weighted by Gasteiger charge is -2.38. The number of nitro groups is 1. The van der Waals surface area contributed by atoms with E-state index < -0.39 is 4.92 Å². The van der Waals surface area contributed by atoms with Gasteiger partial charge in [-0.05, 0) is 31.2 Å². The third-order valence-corrected chi connectivity index (χ3v) is 5.40. The van der Waals surface area contributed by atoms with Crippen molar-refractivity contribution in [1.82, 2.24) is 15.1 Å². The van der Waals surface area contributed by atoms with Crippen molar-refractivity contribution in [2.45, 2.75) is 13.0 Å². The van der Waals surface area contributed by atoms with Crippen LogP contribution in [0.4, 0.5) is 11.4 Å². The monoisotopic (exact) mass is 409 g/mol. The van der Waals surface area contributed by atoms with Crippen molar-refractivity contribution in [3.05, 3.63) is 64.5 Å². The molecule has 156 valence electrons.